The van der Waals surface area contributed by atoms with Gasteiger partial charge in [0.2, 0.25) is 0 Å². The van der Waals surface area contributed by atoms with Crippen molar-refractivity contribution in [3.63, 3.8) is 0 Å². The third kappa shape index (κ3) is 4.16. The van der Waals surface area contributed by atoms with Crippen molar-refractivity contribution in [1.82, 2.24) is 0 Å². The molecule has 0 saturated carbocycles. The van der Waals surface area contributed by atoms with Gasteiger partial charge in [0, 0.05) is 6.07 Å². The first-order chi connectivity index (χ1) is 8.15. The lowest BCUT2D eigenvalue weighted by molar-refractivity contribution is -0.384. The highest BCUT2D eigenvalue weighted by atomic mass is 35.5. The second kappa shape index (κ2) is 6.14. The van der Waals surface area contributed by atoms with E-state index < -0.39 is 4.92 Å². The summed E-state index contributed by atoms with van der Waals surface area (Å²) >= 11 is 5.62. The fourth-order valence-electron chi connectivity index (χ4n) is 1.16. The zero-order valence-electron chi connectivity index (χ0n) is 10.1. The molecule has 0 atom stereocenters. The number of hydrogen-bond donors (Lipinski definition) is 1. The summed E-state index contributed by atoms with van der Waals surface area (Å²) in [6.07, 6.45) is 0.250. The summed E-state index contributed by atoms with van der Waals surface area (Å²) in [7, 11) is 0. The first-order valence-corrected chi connectivity index (χ1v) is 5.19. The van der Waals surface area contributed by atoms with Gasteiger partial charge in [-0.25, -0.2) is 0 Å². The van der Waals surface area contributed by atoms with Crippen LogP contribution in [0.5, 0.6) is 5.75 Å². The molecule has 0 aliphatic rings. The molecule has 0 unspecified atom stereocenters. The maximum absolute atomic E-state index is 10.7. The predicted molar refractivity (Wildman–Crippen MR) is 63.5 cm³/mol. The Bertz CT molecular complexity index is 487. The number of phenols is 1. The van der Waals surface area contributed by atoms with Crippen LogP contribution in [0.4, 0.5) is 5.69 Å². The minimum Gasteiger partial charge on any atom is -0.506 e. The van der Waals surface area contributed by atoms with E-state index in [1.54, 1.807) is 0 Å². The maximum atomic E-state index is 10.7. The van der Waals surface area contributed by atoms with Crippen LogP contribution in [0.25, 0.3) is 0 Å². The van der Waals surface area contributed by atoms with Gasteiger partial charge in [0.1, 0.15) is 5.75 Å². The molecular weight excluding hydrogens is 262 g/mol. The molecule has 98 valence electrons. The van der Waals surface area contributed by atoms with Gasteiger partial charge in [-0.3, -0.25) is 10.1 Å². The molecular formula is C11H12ClNO5. The summed E-state index contributed by atoms with van der Waals surface area (Å²) in [6.45, 7) is 5.71. The zero-order chi connectivity index (χ0) is 14.5. The molecule has 1 rings (SSSR count). The lowest BCUT2D eigenvalue weighted by atomic mass is 9.86. The van der Waals surface area contributed by atoms with Gasteiger partial charge < -0.3 is 5.11 Å². The van der Waals surface area contributed by atoms with Crippen LogP contribution in [-0.2, 0) is 15.0 Å². The number of nitrogens with zero attached hydrogens (tertiary/aromatic N) is 1. The molecule has 0 aliphatic carbocycles. The Balaban J connectivity index is 0.000000873. The van der Waals surface area contributed by atoms with Crippen molar-refractivity contribution in [2.45, 2.75) is 26.2 Å². The van der Waals surface area contributed by atoms with Gasteiger partial charge in [-0.1, -0.05) is 32.4 Å². The van der Waals surface area contributed by atoms with Crippen LogP contribution in [0.1, 0.15) is 26.3 Å². The number of nitro groups is 1. The highest BCUT2D eigenvalue weighted by molar-refractivity contribution is 6.34. The van der Waals surface area contributed by atoms with Gasteiger partial charge in [0.05, 0.1) is 4.92 Å². The Labute approximate surface area is 108 Å². The molecule has 0 fully saturated rings. The lowest BCUT2D eigenvalue weighted by Crippen LogP contribution is -2.11. The molecule has 1 aromatic rings. The molecule has 0 amide bonds. The molecule has 1 N–H and O–H groups in total. The number of phenolic OH excluding ortho intramolecular Hbond substituents is 1. The van der Waals surface area contributed by atoms with Gasteiger partial charge in [-0.15, -0.1) is 0 Å². The lowest BCUT2D eigenvalue weighted by Gasteiger charge is -2.19. The number of aromatic hydroxyl groups is 1. The smallest absolute Gasteiger partial charge is 0.373 e. The summed E-state index contributed by atoms with van der Waals surface area (Å²) in [5.41, 5.74) is 0.144. The van der Waals surface area contributed by atoms with Crippen molar-refractivity contribution in [3.05, 3.63) is 32.8 Å². The summed E-state index contributed by atoms with van der Waals surface area (Å²) in [5.74, 6) is -0.254. The number of rotatable bonds is 1. The van der Waals surface area contributed by atoms with E-state index in [1.165, 1.54) is 12.1 Å². The minimum absolute atomic E-state index is 0.215. The van der Waals surface area contributed by atoms with Crippen molar-refractivity contribution in [2.75, 3.05) is 0 Å². The molecule has 6 nitrogen and oxygen atoms in total. The van der Waals surface area contributed by atoms with E-state index in [-0.39, 0.29) is 28.0 Å². The molecule has 0 bridgehead atoms. The number of halogens is 1. The van der Waals surface area contributed by atoms with Crippen LogP contribution < -0.4 is 0 Å². The van der Waals surface area contributed by atoms with Gasteiger partial charge in [0.15, 0.2) is 5.02 Å². The van der Waals surface area contributed by atoms with E-state index in [2.05, 4.69) is 0 Å². The van der Waals surface area contributed by atoms with Gasteiger partial charge in [0.25, 0.3) is 5.69 Å². The second-order valence-electron chi connectivity index (χ2n) is 4.42. The summed E-state index contributed by atoms with van der Waals surface area (Å²) in [5, 5.41) is 19.9. The van der Waals surface area contributed by atoms with E-state index >= 15 is 0 Å². The largest absolute Gasteiger partial charge is 0.506 e. The number of hydrogen-bond acceptors (Lipinski definition) is 5. The highest BCUT2D eigenvalue weighted by Crippen LogP contribution is 2.37. The monoisotopic (exact) mass is 273 g/mol. The quantitative estimate of drug-likeness (QED) is 0.626. The third-order valence-corrected chi connectivity index (χ3v) is 2.48. The summed E-state index contributed by atoms with van der Waals surface area (Å²) < 4.78 is 0. The molecule has 7 heteroatoms. The predicted octanol–water partition coefficient (Wildman–Crippen LogP) is 2.67. The van der Waals surface area contributed by atoms with Gasteiger partial charge in [-0.05, 0) is 17.0 Å². The molecule has 1 aromatic carbocycles. The van der Waals surface area contributed by atoms with Crippen molar-refractivity contribution in [3.8, 4) is 5.75 Å². The minimum atomic E-state index is -0.600. The normalized spacial score (nSPS) is 10.0. The Morgan fingerprint density at radius 3 is 2.11 bits per heavy atom. The average Bonchev–Trinajstić information content (AvgIpc) is 2.20. The Morgan fingerprint density at radius 1 is 1.33 bits per heavy atom. The number of carbonyl (C=O) groups excluding carboxylic acids is 2. The van der Waals surface area contributed by atoms with Crippen LogP contribution in [-0.4, -0.2) is 16.2 Å². The summed E-state index contributed by atoms with van der Waals surface area (Å²) in [6, 6.07) is 2.84. The second-order valence-corrected chi connectivity index (χ2v) is 4.80. The van der Waals surface area contributed by atoms with Crippen LogP contribution in [0.2, 0.25) is 5.02 Å². The van der Waals surface area contributed by atoms with E-state index in [0.717, 1.165) is 0 Å². The van der Waals surface area contributed by atoms with Crippen molar-refractivity contribution in [2.24, 2.45) is 0 Å². The summed E-state index contributed by atoms with van der Waals surface area (Å²) in [4.78, 5) is 26.3. The Morgan fingerprint density at radius 2 is 1.78 bits per heavy atom. The van der Waals surface area contributed by atoms with E-state index in [9.17, 15) is 15.2 Å². The standard InChI is InChI=1S/C10H12ClNO3.CO2/c1-10(2,3)6-4-7(12(14)15)9(11)8(13)5-6;2-1-3/h4-5,13H,1-3H3;. The van der Waals surface area contributed by atoms with E-state index in [0.29, 0.717) is 5.56 Å². The van der Waals surface area contributed by atoms with Crippen LogP contribution in [0, 0.1) is 10.1 Å². The van der Waals surface area contributed by atoms with E-state index in [1.807, 2.05) is 20.8 Å². The van der Waals surface area contributed by atoms with Crippen LogP contribution >= 0.6 is 11.6 Å². The Kier molecular flexibility index (Phi) is 5.49. The SMILES string of the molecule is CC(C)(C)c1cc(O)c(Cl)c([N+](=O)[O-])c1.O=C=O. The van der Waals surface area contributed by atoms with Crippen LogP contribution in [0.15, 0.2) is 12.1 Å². The first-order valence-electron chi connectivity index (χ1n) is 4.81. The first kappa shape index (κ1) is 16.1. The molecule has 0 saturated heterocycles. The fourth-order valence-corrected chi connectivity index (χ4v) is 1.34. The molecule has 18 heavy (non-hydrogen) atoms. The van der Waals surface area contributed by atoms with Crippen molar-refractivity contribution < 1.29 is 19.6 Å². The average molecular weight is 274 g/mol. The molecule has 0 aliphatic heterocycles. The molecule has 0 radical (unpaired) electrons. The zero-order valence-corrected chi connectivity index (χ0v) is 10.8. The third-order valence-electron chi connectivity index (χ3n) is 2.10. The maximum Gasteiger partial charge on any atom is 0.373 e. The topological polar surface area (TPSA) is 97.5 Å². The number of nitro benzene ring substituents is 1. The molecule has 0 heterocycles. The fraction of sp³-hybridized carbons (Fsp3) is 0.364. The van der Waals surface area contributed by atoms with E-state index in [4.69, 9.17) is 21.2 Å². The molecule has 0 aromatic heterocycles. The highest BCUT2D eigenvalue weighted by Gasteiger charge is 2.23. The molecule has 0 spiro atoms. The van der Waals surface area contributed by atoms with Crippen molar-refractivity contribution >= 4 is 23.4 Å². The number of benzene rings is 1. The van der Waals surface area contributed by atoms with Gasteiger partial charge >= 0.3 is 6.15 Å². The van der Waals surface area contributed by atoms with Crippen molar-refractivity contribution in [1.29, 1.82) is 0 Å². The Hall–Kier alpha value is -1.91. The van der Waals surface area contributed by atoms with Gasteiger partial charge in [-0.2, -0.15) is 9.59 Å². The van der Waals surface area contributed by atoms with Crippen LogP contribution in [0.3, 0.4) is 0 Å².